The number of amides is 1. The number of aromatic nitrogens is 2. The Balaban J connectivity index is 1.91. The summed E-state index contributed by atoms with van der Waals surface area (Å²) >= 11 is 11.8. The zero-order valence-corrected chi connectivity index (χ0v) is 11.7. The predicted octanol–water partition coefficient (Wildman–Crippen LogP) is 4.12. The number of fused-ring (bicyclic) bond motifs is 1. The Hall–Kier alpha value is -2.04. The second-order valence-electron chi connectivity index (χ2n) is 4.21. The Morgan fingerprint density at radius 2 is 2.00 bits per heavy atom. The van der Waals surface area contributed by atoms with Gasteiger partial charge in [-0.2, -0.15) is 0 Å². The van der Waals surface area contributed by atoms with Crippen LogP contribution in [0.2, 0.25) is 10.2 Å². The number of halogens is 2. The Labute approximate surface area is 124 Å². The molecule has 0 fully saturated rings. The van der Waals surface area contributed by atoms with Crippen LogP contribution in [0.1, 0.15) is 10.5 Å². The largest absolute Gasteiger partial charge is 0.350 e. The summed E-state index contributed by atoms with van der Waals surface area (Å²) in [4.78, 5) is 19.1. The fourth-order valence-corrected chi connectivity index (χ4v) is 2.22. The zero-order chi connectivity index (χ0) is 14.1. The van der Waals surface area contributed by atoms with E-state index in [1.807, 2.05) is 0 Å². The quantitative estimate of drug-likeness (QED) is 0.700. The van der Waals surface area contributed by atoms with E-state index in [1.54, 1.807) is 42.6 Å². The van der Waals surface area contributed by atoms with E-state index < -0.39 is 0 Å². The van der Waals surface area contributed by atoms with Crippen molar-refractivity contribution in [2.24, 2.45) is 0 Å². The number of carbonyl (C=O) groups is 1. The van der Waals surface area contributed by atoms with Crippen molar-refractivity contribution in [1.82, 2.24) is 9.97 Å². The van der Waals surface area contributed by atoms with Crippen LogP contribution in [0.5, 0.6) is 0 Å². The van der Waals surface area contributed by atoms with Crippen LogP contribution >= 0.6 is 23.2 Å². The first-order valence-corrected chi connectivity index (χ1v) is 6.59. The van der Waals surface area contributed by atoms with Crippen LogP contribution < -0.4 is 5.32 Å². The first kappa shape index (κ1) is 13.0. The van der Waals surface area contributed by atoms with Crippen LogP contribution in [0.15, 0.2) is 42.6 Å². The third-order valence-electron chi connectivity index (χ3n) is 2.84. The number of pyridine rings is 1. The Morgan fingerprint density at radius 1 is 1.20 bits per heavy atom. The van der Waals surface area contributed by atoms with Crippen LogP contribution in [0.25, 0.3) is 10.9 Å². The van der Waals surface area contributed by atoms with Gasteiger partial charge in [-0.1, -0.05) is 35.3 Å². The van der Waals surface area contributed by atoms with Gasteiger partial charge in [0.15, 0.2) is 0 Å². The van der Waals surface area contributed by atoms with Crippen molar-refractivity contribution in [1.29, 1.82) is 0 Å². The van der Waals surface area contributed by atoms with E-state index in [1.165, 1.54) is 0 Å². The van der Waals surface area contributed by atoms with Crippen LogP contribution in [0.3, 0.4) is 0 Å². The maximum Gasteiger partial charge on any atom is 0.272 e. The van der Waals surface area contributed by atoms with E-state index >= 15 is 0 Å². The molecule has 3 aromatic rings. The monoisotopic (exact) mass is 305 g/mol. The summed E-state index contributed by atoms with van der Waals surface area (Å²) in [6, 6.07) is 10.4. The lowest BCUT2D eigenvalue weighted by atomic mass is 10.3. The highest BCUT2D eigenvalue weighted by atomic mass is 35.5. The lowest BCUT2D eigenvalue weighted by molar-refractivity contribution is 0.102. The summed E-state index contributed by atoms with van der Waals surface area (Å²) in [5, 5.41) is 4.43. The molecule has 0 radical (unpaired) electrons. The highest BCUT2D eigenvalue weighted by Gasteiger charge is 2.11. The van der Waals surface area contributed by atoms with Crippen molar-refractivity contribution in [3.63, 3.8) is 0 Å². The van der Waals surface area contributed by atoms with Crippen molar-refractivity contribution in [2.75, 3.05) is 5.32 Å². The SMILES string of the molecule is O=C(Nc1ccccc1Cl)c1cc2cnc(Cl)cc2[nH]1. The molecule has 0 aliphatic carbocycles. The normalized spacial score (nSPS) is 10.7. The van der Waals surface area contributed by atoms with E-state index in [2.05, 4.69) is 15.3 Å². The van der Waals surface area contributed by atoms with Crippen molar-refractivity contribution < 1.29 is 4.79 Å². The second-order valence-corrected chi connectivity index (χ2v) is 5.01. The standard InChI is InChI=1S/C14H9Cl2N3O/c15-9-3-1-2-4-10(9)19-14(20)12-5-8-7-17-13(16)6-11(8)18-12/h1-7,18H,(H,19,20). The lowest BCUT2D eigenvalue weighted by Gasteiger charge is -2.05. The highest BCUT2D eigenvalue weighted by molar-refractivity contribution is 6.34. The topological polar surface area (TPSA) is 57.8 Å². The van der Waals surface area contributed by atoms with Crippen LogP contribution in [-0.4, -0.2) is 15.9 Å². The number of hydrogen-bond donors (Lipinski definition) is 2. The molecule has 20 heavy (non-hydrogen) atoms. The van der Waals surface area contributed by atoms with Crippen LogP contribution in [-0.2, 0) is 0 Å². The maximum atomic E-state index is 12.2. The lowest BCUT2D eigenvalue weighted by Crippen LogP contribution is -2.12. The van der Waals surface area contributed by atoms with Gasteiger partial charge < -0.3 is 10.3 Å². The molecule has 1 amide bonds. The van der Waals surface area contributed by atoms with E-state index in [0.29, 0.717) is 21.6 Å². The summed E-state index contributed by atoms with van der Waals surface area (Å²) in [6.07, 6.45) is 1.61. The van der Waals surface area contributed by atoms with Gasteiger partial charge in [0.2, 0.25) is 0 Å². The van der Waals surface area contributed by atoms with Crippen LogP contribution in [0, 0.1) is 0 Å². The average molecular weight is 306 g/mol. The third-order valence-corrected chi connectivity index (χ3v) is 3.37. The molecule has 100 valence electrons. The molecular formula is C14H9Cl2N3O. The van der Waals surface area contributed by atoms with Gasteiger partial charge >= 0.3 is 0 Å². The minimum absolute atomic E-state index is 0.273. The molecular weight excluding hydrogens is 297 g/mol. The molecule has 0 aliphatic heterocycles. The minimum Gasteiger partial charge on any atom is -0.350 e. The number of hydrogen-bond acceptors (Lipinski definition) is 2. The molecule has 0 aliphatic rings. The van der Waals surface area contributed by atoms with Gasteiger partial charge in [-0.25, -0.2) is 4.98 Å². The average Bonchev–Trinajstić information content (AvgIpc) is 2.84. The minimum atomic E-state index is -0.273. The number of H-pyrrole nitrogens is 1. The molecule has 2 aromatic heterocycles. The summed E-state index contributed by atoms with van der Waals surface area (Å²) in [5.74, 6) is -0.273. The molecule has 0 bridgehead atoms. The van der Waals surface area contributed by atoms with E-state index in [4.69, 9.17) is 23.2 Å². The molecule has 0 saturated heterocycles. The summed E-state index contributed by atoms with van der Waals surface area (Å²) < 4.78 is 0. The molecule has 0 saturated carbocycles. The number of aromatic amines is 1. The van der Waals surface area contributed by atoms with Crippen LogP contribution in [0.4, 0.5) is 5.69 Å². The van der Waals surface area contributed by atoms with Crippen molar-refractivity contribution >= 4 is 45.7 Å². The Morgan fingerprint density at radius 3 is 2.80 bits per heavy atom. The molecule has 2 heterocycles. The maximum absolute atomic E-state index is 12.2. The number of rotatable bonds is 2. The van der Waals surface area contributed by atoms with E-state index in [-0.39, 0.29) is 5.91 Å². The molecule has 2 N–H and O–H groups in total. The van der Waals surface area contributed by atoms with Gasteiger partial charge in [0.05, 0.1) is 16.2 Å². The molecule has 0 spiro atoms. The number of benzene rings is 1. The first-order valence-electron chi connectivity index (χ1n) is 5.83. The number of para-hydroxylation sites is 1. The van der Waals surface area contributed by atoms with Gasteiger partial charge in [-0.05, 0) is 24.3 Å². The van der Waals surface area contributed by atoms with Crippen molar-refractivity contribution in [3.05, 3.63) is 58.5 Å². The van der Waals surface area contributed by atoms with Gasteiger partial charge in [0.25, 0.3) is 5.91 Å². The van der Waals surface area contributed by atoms with Gasteiger partial charge in [-0.3, -0.25) is 4.79 Å². The molecule has 6 heteroatoms. The smallest absolute Gasteiger partial charge is 0.272 e. The molecule has 0 unspecified atom stereocenters. The van der Waals surface area contributed by atoms with Gasteiger partial charge in [0.1, 0.15) is 10.8 Å². The third kappa shape index (κ3) is 2.48. The highest BCUT2D eigenvalue weighted by Crippen LogP contribution is 2.22. The van der Waals surface area contributed by atoms with Crippen molar-refractivity contribution in [3.8, 4) is 0 Å². The predicted molar refractivity (Wildman–Crippen MR) is 80.5 cm³/mol. The molecule has 0 atom stereocenters. The number of carbonyl (C=O) groups excluding carboxylic acids is 1. The molecule has 3 rings (SSSR count). The second kappa shape index (κ2) is 5.15. The zero-order valence-electron chi connectivity index (χ0n) is 10.2. The molecule has 4 nitrogen and oxygen atoms in total. The fraction of sp³-hybridized carbons (Fsp3) is 0. The van der Waals surface area contributed by atoms with E-state index in [0.717, 1.165) is 10.9 Å². The Kier molecular flexibility index (Phi) is 3.34. The molecule has 1 aromatic carbocycles. The number of nitrogens with zero attached hydrogens (tertiary/aromatic N) is 1. The van der Waals surface area contributed by atoms with Gasteiger partial charge in [0, 0.05) is 11.6 Å². The first-order chi connectivity index (χ1) is 9.63. The van der Waals surface area contributed by atoms with Crippen molar-refractivity contribution in [2.45, 2.75) is 0 Å². The summed E-state index contributed by atoms with van der Waals surface area (Å²) in [5.41, 5.74) is 1.74. The summed E-state index contributed by atoms with van der Waals surface area (Å²) in [7, 11) is 0. The van der Waals surface area contributed by atoms with E-state index in [9.17, 15) is 4.79 Å². The Bertz CT molecular complexity index is 798. The fourth-order valence-electron chi connectivity index (χ4n) is 1.87. The number of nitrogens with one attached hydrogen (secondary N) is 2. The van der Waals surface area contributed by atoms with Gasteiger partial charge in [-0.15, -0.1) is 0 Å². The summed E-state index contributed by atoms with van der Waals surface area (Å²) in [6.45, 7) is 0. The number of anilines is 1.